The average molecular weight is 886 g/mol. The van der Waals surface area contributed by atoms with E-state index in [-0.39, 0.29) is 43.7 Å². The Morgan fingerprint density at radius 2 is 1.34 bits per heavy atom. The Morgan fingerprint density at radius 3 is 1.97 bits per heavy atom. The Balaban J connectivity index is 2.51. The van der Waals surface area contributed by atoms with Gasteiger partial charge in [0, 0.05) is 18.8 Å². The maximum absolute atomic E-state index is 12.8. The second-order valence-electron chi connectivity index (χ2n) is 16.7. The van der Waals surface area contributed by atoms with Crippen LogP contribution in [0.25, 0.3) is 0 Å². The molecule has 1 aliphatic carbocycles. The molecule has 0 saturated carbocycles. The molecule has 0 saturated heterocycles. The molecule has 0 aromatic heterocycles. The zero-order valence-electron chi connectivity index (χ0n) is 38.6. The van der Waals surface area contributed by atoms with E-state index in [1.54, 1.807) is 12.2 Å². The van der Waals surface area contributed by atoms with E-state index < -0.39 is 38.6 Å². The van der Waals surface area contributed by atoms with Gasteiger partial charge in [0.1, 0.15) is 19.8 Å². The molecule has 11 nitrogen and oxygen atoms in total. The highest BCUT2D eigenvalue weighted by Gasteiger charge is 2.27. The molecule has 5 atom stereocenters. The van der Waals surface area contributed by atoms with Gasteiger partial charge in [-0.3, -0.25) is 18.9 Å². The van der Waals surface area contributed by atoms with Crippen molar-refractivity contribution in [1.82, 2.24) is 0 Å². The van der Waals surface area contributed by atoms with Gasteiger partial charge in [-0.05, 0) is 82.6 Å². The van der Waals surface area contributed by atoms with Crippen LogP contribution < -0.4 is 4.89 Å². The van der Waals surface area contributed by atoms with E-state index in [1.165, 1.54) is 25.7 Å². The molecule has 0 amide bonds. The van der Waals surface area contributed by atoms with Crippen LogP contribution >= 0.6 is 7.82 Å². The number of aliphatic hydroxyl groups excluding tert-OH is 1. The minimum absolute atomic E-state index is 0.00600. The van der Waals surface area contributed by atoms with Gasteiger partial charge in [0.25, 0.3) is 7.82 Å². The number of phosphoric ester groups is 1. The summed E-state index contributed by atoms with van der Waals surface area (Å²) in [6, 6.07) is 0. The number of ether oxygens (including phenoxy) is 2. The van der Waals surface area contributed by atoms with Gasteiger partial charge in [0.2, 0.25) is 0 Å². The van der Waals surface area contributed by atoms with Crippen LogP contribution in [0.15, 0.2) is 97.2 Å². The maximum atomic E-state index is 12.8. The predicted molar refractivity (Wildman–Crippen MR) is 249 cm³/mol. The van der Waals surface area contributed by atoms with E-state index in [2.05, 4.69) is 62.5 Å². The standard InChI is InChI=1S/C50H80NO10P/c1-6-8-10-11-12-13-14-15-16-17-18-19-20-21-22-23-24-25-30-34-49(54)58-42-46(43-60-62(56,57)59-41-40-51(3,4)5)61-50(55)35-31-27-26-29-32-44-36-39-48(53)47(44)38-37-45(52)33-28-9-7-2/h12-13,15-16,18-19,21-22,24-26,29,36-39,44-47,52H,6-11,14,17,20,23,27-28,30-35,40-43H2,1-5H3/b13-12-,16-15-,19-18-,22-21-,25-24-,29-26-,38-37+/t44-,45-,46+,47+/m0/s1. The lowest BCUT2D eigenvalue weighted by atomic mass is 9.90. The highest BCUT2D eigenvalue weighted by Crippen LogP contribution is 2.38. The molecular formula is C50H80NO10P. The van der Waals surface area contributed by atoms with E-state index >= 15 is 0 Å². The number of carbonyl (C=O) groups is 3. The van der Waals surface area contributed by atoms with Crippen molar-refractivity contribution in [2.24, 2.45) is 11.8 Å². The number of ketones is 1. The Labute approximate surface area is 374 Å². The molecule has 1 N–H and O–H groups in total. The lowest BCUT2D eigenvalue weighted by Gasteiger charge is -2.28. The number of aliphatic hydroxyl groups is 1. The number of hydrogen-bond donors (Lipinski definition) is 1. The summed E-state index contributed by atoms with van der Waals surface area (Å²) in [6.07, 6.45) is 45.1. The zero-order valence-corrected chi connectivity index (χ0v) is 39.5. The number of hydrogen-bond acceptors (Lipinski definition) is 10. The fourth-order valence-corrected chi connectivity index (χ4v) is 6.83. The van der Waals surface area contributed by atoms with Crippen molar-refractivity contribution in [3.8, 4) is 0 Å². The van der Waals surface area contributed by atoms with Crippen molar-refractivity contribution in [3.05, 3.63) is 97.2 Å². The van der Waals surface area contributed by atoms with E-state index in [0.717, 1.165) is 44.9 Å². The number of unbranched alkanes of at least 4 members (excludes halogenated alkanes) is 6. The molecule has 1 rings (SSSR count). The summed E-state index contributed by atoms with van der Waals surface area (Å²) in [5.74, 6) is -1.35. The molecule has 0 spiro atoms. The Kier molecular flexibility index (Phi) is 32.8. The first kappa shape index (κ1) is 56.6. The van der Waals surface area contributed by atoms with Crippen molar-refractivity contribution < 1.29 is 52.0 Å². The Bertz CT molecular complexity index is 1520. The van der Waals surface area contributed by atoms with Gasteiger partial charge >= 0.3 is 11.9 Å². The number of phosphoric acid groups is 1. The number of esters is 2. The second-order valence-corrected chi connectivity index (χ2v) is 18.1. The van der Waals surface area contributed by atoms with Gasteiger partial charge in [0.05, 0.1) is 33.9 Å². The van der Waals surface area contributed by atoms with E-state index in [0.29, 0.717) is 43.1 Å². The third-order valence-electron chi connectivity index (χ3n) is 9.84. The molecule has 1 aliphatic rings. The first-order chi connectivity index (χ1) is 29.8. The topological polar surface area (TPSA) is 148 Å². The third-order valence-corrected chi connectivity index (χ3v) is 10.8. The molecule has 0 aromatic rings. The lowest BCUT2D eigenvalue weighted by molar-refractivity contribution is -0.870. The van der Waals surface area contributed by atoms with Crippen LogP contribution in [-0.2, 0) is 37.5 Å². The Morgan fingerprint density at radius 1 is 0.758 bits per heavy atom. The molecule has 0 radical (unpaired) electrons. The summed E-state index contributed by atoms with van der Waals surface area (Å²) < 4.78 is 33.8. The number of nitrogens with zero attached hydrogens (tertiary/aromatic N) is 1. The fraction of sp³-hybridized carbons (Fsp3) is 0.620. The summed E-state index contributed by atoms with van der Waals surface area (Å²) >= 11 is 0. The lowest BCUT2D eigenvalue weighted by Crippen LogP contribution is -2.37. The fourth-order valence-electron chi connectivity index (χ4n) is 6.10. The largest absolute Gasteiger partial charge is 0.756 e. The molecule has 0 aliphatic heterocycles. The van der Waals surface area contributed by atoms with Gasteiger partial charge in [-0.25, -0.2) is 0 Å². The molecule has 0 bridgehead atoms. The molecule has 0 heterocycles. The second kappa shape index (κ2) is 36.0. The van der Waals surface area contributed by atoms with Crippen LogP contribution in [0.1, 0.15) is 129 Å². The zero-order chi connectivity index (χ0) is 45.7. The number of allylic oxidation sites excluding steroid dienone is 15. The van der Waals surface area contributed by atoms with Gasteiger partial charge in [-0.1, -0.05) is 137 Å². The van der Waals surface area contributed by atoms with Crippen molar-refractivity contribution in [2.45, 2.75) is 142 Å². The molecule has 0 fully saturated rings. The molecule has 62 heavy (non-hydrogen) atoms. The molecule has 0 aromatic carbocycles. The van der Waals surface area contributed by atoms with Crippen molar-refractivity contribution in [3.63, 3.8) is 0 Å². The van der Waals surface area contributed by atoms with Crippen LogP contribution in [-0.4, -0.2) is 87.0 Å². The van der Waals surface area contributed by atoms with E-state index in [4.69, 9.17) is 18.5 Å². The average Bonchev–Trinajstić information content (AvgIpc) is 3.57. The summed E-state index contributed by atoms with van der Waals surface area (Å²) in [5, 5.41) is 10.2. The SMILES string of the molecule is CCCCC/C=C\C/C=C\C/C=C\C/C=C\C/C=C\CCC(=O)OC[C@H](COP(=O)([O-])OCC[N+](C)(C)C)OC(=O)CCC/C=C\C[C@H]1C=CC(=O)[C@@H]1/C=C/[C@@H](O)CCCCC. The van der Waals surface area contributed by atoms with Crippen LogP contribution in [0.2, 0.25) is 0 Å². The molecule has 1 unspecified atom stereocenters. The van der Waals surface area contributed by atoms with E-state index in [1.807, 2.05) is 57.6 Å². The molecule has 350 valence electrons. The van der Waals surface area contributed by atoms with Crippen LogP contribution in [0.3, 0.4) is 0 Å². The van der Waals surface area contributed by atoms with Crippen LogP contribution in [0, 0.1) is 11.8 Å². The summed E-state index contributed by atoms with van der Waals surface area (Å²) in [4.78, 5) is 50.1. The van der Waals surface area contributed by atoms with Gasteiger partial charge in [-0.15, -0.1) is 0 Å². The monoisotopic (exact) mass is 886 g/mol. The number of likely N-dealkylation sites (N-methyl/N-ethyl adjacent to an activating group) is 1. The highest BCUT2D eigenvalue weighted by atomic mass is 31.2. The summed E-state index contributed by atoms with van der Waals surface area (Å²) in [7, 11) is 0.988. The van der Waals surface area contributed by atoms with Crippen molar-refractivity contribution in [2.75, 3.05) is 47.5 Å². The van der Waals surface area contributed by atoms with Crippen LogP contribution in [0.5, 0.6) is 0 Å². The highest BCUT2D eigenvalue weighted by molar-refractivity contribution is 7.45. The van der Waals surface area contributed by atoms with Gasteiger partial charge in [-0.2, -0.15) is 0 Å². The third kappa shape index (κ3) is 33.2. The van der Waals surface area contributed by atoms with Gasteiger partial charge < -0.3 is 33.0 Å². The normalized spacial score (nSPS) is 18.2. The molecular weight excluding hydrogens is 806 g/mol. The minimum atomic E-state index is -4.71. The number of carbonyl (C=O) groups excluding carboxylic acids is 3. The first-order valence-electron chi connectivity index (χ1n) is 23.0. The number of quaternary nitrogens is 1. The van der Waals surface area contributed by atoms with E-state index in [9.17, 15) is 28.9 Å². The van der Waals surface area contributed by atoms with Crippen LogP contribution in [0.4, 0.5) is 0 Å². The molecule has 12 heteroatoms. The first-order valence-corrected chi connectivity index (χ1v) is 24.5. The van der Waals surface area contributed by atoms with Crippen molar-refractivity contribution in [1.29, 1.82) is 0 Å². The minimum Gasteiger partial charge on any atom is -0.756 e. The van der Waals surface area contributed by atoms with Gasteiger partial charge in [0.15, 0.2) is 11.9 Å². The number of rotatable bonds is 37. The smallest absolute Gasteiger partial charge is 0.306 e. The quantitative estimate of drug-likeness (QED) is 0.0210. The summed E-state index contributed by atoms with van der Waals surface area (Å²) in [5.41, 5.74) is 0. The maximum Gasteiger partial charge on any atom is 0.306 e. The Hall–Kier alpha value is -3.44. The van der Waals surface area contributed by atoms with Crippen molar-refractivity contribution >= 4 is 25.5 Å². The predicted octanol–water partition coefficient (Wildman–Crippen LogP) is 10.3. The summed E-state index contributed by atoms with van der Waals surface area (Å²) in [6.45, 7) is 3.75.